The Bertz CT molecular complexity index is 1510. The zero-order valence-corrected chi connectivity index (χ0v) is 23.6. The molecule has 0 spiro atoms. The van der Waals surface area contributed by atoms with E-state index in [-0.39, 0.29) is 18.3 Å². The van der Waals surface area contributed by atoms with Crippen molar-refractivity contribution >= 4 is 56.9 Å². The molecular formula is C26H26F2IN7O4. The molecule has 0 radical (unpaired) electrons. The molecule has 1 aliphatic rings. The third-order valence-corrected chi connectivity index (χ3v) is 7.27. The Hall–Kier alpha value is -3.63. The normalized spacial score (nSPS) is 15.7. The zero-order valence-electron chi connectivity index (χ0n) is 21.4. The van der Waals surface area contributed by atoms with E-state index in [0.717, 1.165) is 12.6 Å². The van der Waals surface area contributed by atoms with Crippen molar-refractivity contribution in [2.45, 2.75) is 19.5 Å². The van der Waals surface area contributed by atoms with Crippen LogP contribution < -0.4 is 20.1 Å². The number of morpholine rings is 1. The number of benzene rings is 2. The number of halogens is 3. The van der Waals surface area contributed by atoms with Gasteiger partial charge in [-0.15, -0.1) is 0 Å². The minimum Gasteiger partial charge on any atom is -0.494 e. The lowest BCUT2D eigenvalue weighted by Crippen LogP contribution is -2.42. The van der Waals surface area contributed by atoms with Crippen LogP contribution in [0.5, 0.6) is 11.5 Å². The standard InChI is InChI=1S/C26H26F2IN7O4/c1-2-39-18-8-21-24(22(9-18)40-14-17-13-38-7-6-36(17)29)26(31-15-30-21)33-16-10-32-35(11-16)12-23(37)34-20-5-3-4-19(27)25(20)28/h3-5,8-11,15,17H,2,6-7,12-14H2,1H3,(H,34,37)(H,30,31,33)/t17-/m1/s1. The highest BCUT2D eigenvalue weighted by atomic mass is 127. The van der Waals surface area contributed by atoms with Crippen molar-refractivity contribution in [2.24, 2.45) is 0 Å². The number of fused-ring (bicyclic) bond motifs is 1. The maximum absolute atomic E-state index is 13.9. The Balaban J connectivity index is 1.34. The predicted molar refractivity (Wildman–Crippen MR) is 152 cm³/mol. The van der Waals surface area contributed by atoms with Crippen molar-refractivity contribution in [3.8, 4) is 11.5 Å². The van der Waals surface area contributed by atoms with Crippen molar-refractivity contribution in [1.29, 1.82) is 0 Å². The number of amides is 1. The maximum Gasteiger partial charge on any atom is 0.246 e. The minimum absolute atomic E-state index is 0.0754. The van der Waals surface area contributed by atoms with Gasteiger partial charge in [0.1, 0.15) is 36.8 Å². The van der Waals surface area contributed by atoms with Crippen LogP contribution in [0.2, 0.25) is 0 Å². The van der Waals surface area contributed by atoms with Gasteiger partial charge in [-0.25, -0.2) is 21.9 Å². The number of anilines is 3. The Labute approximate surface area is 242 Å². The summed E-state index contributed by atoms with van der Waals surface area (Å²) in [4.78, 5) is 21.2. The van der Waals surface area contributed by atoms with Gasteiger partial charge in [-0.2, -0.15) is 5.10 Å². The average molecular weight is 665 g/mol. The molecule has 3 heterocycles. The highest BCUT2D eigenvalue weighted by molar-refractivity contribution is 14.1. The van der Waals surface area contributed by atoms with Gasteiger partial charge in [-0.3, -0.25) is 9.48 Å². The number of rotatable bonds is 10. The molecular weight excluding hydrogens is 639 g/mol. The molecule has 11 nitrogen and oxygen atoms in total. The molecule has 2 aromatic carbocycles. The van der Waals surface area contributed by atoms with Gasteiger partial charge >= 0.3 is 0 Å². The van der Waals surface area contributed by atoms with Gasteiger partial charge in [0.2, 0.25) is 5.91 Å². The second kappa shape index (κ2) is 12.7. The molecule has 1 amide bonds. The number of ether oxygens (including phenoxy) is 3. The summed E-state index contributed by atoms with van der Waals surface area (Å²) in [5, 5.41) is 10.4. The lowest BCUT2D eigenvalue weighted by atomic mass is 10.2. The van der Waals surface area contributed by atoms with E-state index in [1.54, 1.807) is 12.3 Å². The highest BCUT2D eigenvalue weighted by Gasteiger charge is 2.23. The third kappa shape index (κ3) is 6.56. The molecule has 1 atom stereocenters. The molecule has 40 heavy (non-hydrogen) atoms. The molecule has 0 aliphatic carbocycles. The summed E-state index contributed by atoms with van der Waals surface area (Å²) in [5.41, 5.74) is 0.921. The van der Waals surface area contributed by atoms with E-state index in [9.17, 15) is 13.6 Å². The van der Waals surface area contributed by atoms with Gasteiger partial charge in [0.15, 0.2) is 11.6 Å². The topological polar surface area (TPSA) is 116 Å². The number of hydrogen-bond acceptors (Lipinski definition) is 9. The first-order valence-corrected chi connectivity index (χ1v) is 13.5. The summed E-state index contributed by atoms with van der Waals surface area (Å²) in [6.07, 6.45) is 4.54. The predicted octanol–water partition coefficient (Wildman–Crippen LogP) is 4.32. The second-order valence-corrected chi connectivity index (χ2v) is 10.1. The smallest absolute Gasteiger partial charge is 0.246 e. The van der Waals surface area contributed by atoms with Crippen LogP contribution in [0.15, 0.2) is 49.1 Å². The first-order valence-electron chi connectivity index (χ1n) is 12.5. The summed E-state index contributed by atoms with van der Waals surface area (Å²) < 4.78 is 48.5. The largest absolute Gasteiger partial charge is 0.494 e. The molecule has 2 N–H and O–H groups in total. The SMILES string of the molecule is CCOc1cc(OC[C@H]2COCCN2I)c2c(Nc3cnn(CC(=O)Nc4cccc(F)c4F)c3)ncnc2c1. The number of hydrogen-bond donors (Lipinski definition) is 2. The van der Waals surface area contributed by atoms with Crippen LogP contribution in [0.25, 0.3) is 10.9 Å². The monoisotopic (exact) mass is 665 g/mol. The van der Waals surface area contributed by atoms with E-state index < -0.39 is 17.5 Å². The van der Waals surface area contributed by atoms with Crippen molar-refractivity contribution in [2.75, 3.05) is 43.6 Å². The van der Waals surface area contributed by atoms with Gasteiger partial charge in [0, 0.05) is 47.7 Å². The summed E-state index contributed by atoms with van der Waals surface area (Å²) in [6, 6.07) is 7.26. The van der Waals surface area contributed by atoms with Gasteiger partial charge in [0.05, 0.1) is 54.3 Å². The van der Waals surface area contributed by atoms with Crippen LogP contribution >= 0.6 is 22.9 Å². The lowest BCUT2D eigenvalue weighted by molar-refractivity contribution is -0.116. The molecule has 4 aromatic rings. The fraction of sp³-hybridized carbons (Fsp3) is 0.308. The summed E-state index contributed by atoms with van der Waals surface area (Å²) in [7, 11) is 0. The Morgan fingerprint density at radius 1 is 1.25 bits per heavy atom. The molecule has 2 aromatic heterocycles. The fourth-order valence-corrected chi connectivity index (χ4v) is 4.64. The minimum atomic E-state index is -1.12. The van der Waals surface area contributed by atoms with E-state index in [1.807, 2.05) is 13.0 Å². The third-order valence-electron chi connectivity index (χ3n) is 6.00. The van der Waals surface area contributed by atoms with Crippen LogP contribution in [0.4, 0.5) is 26.0 Å². The van der Waals surface area contributed by atoms with Gasteiger partial charge in [0.25, 0.3) is 0 Å². The molecule has 1 aliphatic heterocycles. The van der Waals surface area contributed by atoms with Gasteiger partial charge < -0.3 is 24.8 Å². The molecule has 1 saturated heterocycles. The molecule has 5 rings (SSSR count). The van der Waals surface area contributed by atoms with Crippen molar-refractivity contribution in [1.82, 2.24) is 22.9 Å². The molecule has 210 valence electrons. The first kappa shape index (κ1) is 27.9. The molecule has 14 heteroatoms. The van der Waals surface area contributed by atoms with Crippen molar-refractivity contribution < 1.29 is 27.8 Å². The van der Waals surface area contributed by atoms with E-state index >= 15 is 0 Å². The summed E-state index contributed by atoms with van der Waals surface area (Å²) in [5.74, 6) is -1.10. The highest BCUT2D eigenvalue weighted by Crippen LogP contribution is 2.36. The quantitative estimate of drug-likeness (QED) is 0.189. The van der Waals surface area contributed by atoms with Crippen LogP contribution in [-0.4, -0.2) is 67.8 Å². The van der Waals surface area contributed by atoms with Gasteiger partial charge in [-0.1, -0.05) is 6.07 Å². The summed E-state index contributed by atoms with van der Waals surface area (Å²) >= 11 is 2.28. The van der Waals surface area contributed by atoms with Crippen LogP contribution in [0.3, 0.4) is 0 Å². The summed E-state index contributed by atoms with van der Waals surface area (Å²) in [6.45, 7) is 4.61. The maximum atomic E-state index is 13.9. The van der Waals surface area contributed by atoms with E-state index in [1.165, 1.54) is 29.3 Å². The first-order chi connectivity index (χ1) is 19.4. The van der Waals surface area contributed by atoms with Gasteiger partial charge in [-0.05, 0) is 19.1 Å². The number of carbonyl (C=O) groups excluding carboxylic acids is 1. The number of nitrogens with one attached hydrogen (secondary N) is 2. The number of aromatic nitrogens is 4. The molecule has 0 saturated carbocycles. The molecule has 1 fully saturated rings. The van der Waals surface area contributed by atoms with Crippen molar-refractivity contribution in [3.05, 3.63) is 60.7 Å². The molecule has 0 unspecified atom stereocenters. The number of nitrogens with zero attached hydrogens (tertiary/aromatic N) is 5. The van der Waals surface area contributed by atoms with Crippen LogP contribution in [0, 0.1) is 11.6 Å². The fourth-order valence-electron chi connectivity index (χ4n) is 4.13. The lowest BCUT2D eigenvalue weighted by Gasteiger charge is -2.30. The Kier molecular flexibility index (Phi) is 8.86. The van der Waals surface area contributed by atoms with E-state index in [0.29, 0.717) is 60.3 Å². The van der Waals surface area contributed by atoms with Crippen molar-refractivity contribution in [3.63, 3.8) is 0 Å². The van der Waals surface area contributed by atoms with Crippen LogP contribution in [0.1, 0.15) is 6.92 Å². The van der Waals surface area contributed by atoms with E-state index in [2.05, 4.69) is 51.7 Å². The Morgan fingerprint density at radius 2 is 2.12 bits per heavy atom. The second-order valence-electron chi connectivity index (χ2n) is 8.84. The number of carbonyl (C=O) groups is 1. The Morgan fingerprint density at radius 3 is 2.95 bits per heavy atom. The average Bonchev–Trinajstić information content (AvgIpc) is 3.37. The van der Waals surface area contributed by atoms with E-state index in [4.69, 9.17) is 14.2 Å². The van der Waals surface area contributed by atoms with Crippen LogP contribution in [-0.2, 0) is 16.1 Å². The zero-order chi connectivity index (χ0) is 28.1. The molecule has 0 bridgehead atoms.